The number of aromatic amines is 2. The highest BCUT2D eigenvalue weighted by Gasteiger charge is 2.14. The van der Waals surface area contributed by atoms with Crippen LogP contribution in [0.3, 0.4) is 0 Å². The smallest absolute Gasteiger partial charge is 0.323 e. The van der Waals surface area contributed by atoms with Crippen LogP contribution in [0.1, 0.15) is 17.2 Å². The number of imidazole rings is 1. The van der Waals surface area contributed by atoms with Crippen LogP contribution in [0.2, 0.25) is 0 Å². The molecule has 0 aliphatic heterocycles. The number of hydrogen-bond donors (Lipinski definition) is 3. The molecular formula is C15H12BrFN2O2. The summed E-state index contributed by atoms with van der Waals surface area (Å²) in [5.41, 5.74) is 2.33. The van der Waals surface area contributed by atoms with Crippen LogP contribution >= 0.6 is 15.9 Å². The quantitative estimate of drug-likeness (QED) is 0.679. The molecule has 0 bridgehead atoms. The van der Waals surface area contributed by atoms with Crippen molar-refractivity contribution in [2.75, 3.05) is 0 Å². The average molecular weight is 351 g/mol. The highest BCUT2D eigenvalue weighted by Crippen LogP contribution is 2.29. The molecule has 3 N–H and O–H groups in total. The van der Waals surface area contributed by atoms with Gasteiger partial charge in [0, 0.05) is 10.9 Å². The van der Waals surface area contributed by atoms with E-state index in [1.54, 1.807) is 24.3 Å². The topological polar surface area (TPSA) is 68.9 Å². The van der Waals surface area contributed by atoms with Crippen LogP contribution in [0, 0.1) is 5.82 Å². The van der Waals surface area contributed by atoms with Gasteiger partial charge in [-0.15, -0.1) is 0 Å². The Morgan fingerprint density at radius 2 is 1.90 bits per heavy atom. The molecule has 0 saturated carbocycles. The minimum absolute atomic E-state index is 0.288. The van der Waals surface area contributed by atoms with Crippen molar-refractivity contribution >= 4 is 27.0 Å². The highest BCUT2D eigenvalue weighted by atomic mass is 79.9. The van der Waals surface area contributed by atoms with Crippen molar-refractivity contribution < 1.29 is 9.50 Å². The molecule has 0 aliphatic rings. The van der Waals surface area contributed by atoms with Crippen molar-refractivity contribution in [3.8, 4) is 0 Å². The number of fused-ring (bicyclic) bond motifs is 1. The van der Waals surface area contributed by atoms with E-state index in [2.05, 4.69) is 25.9 Å². The normalized spacial score (nSPS) is 12.7. The van der Waals surface area contributed by atoms with E-state index >= 15 is 0 Å². The molecule has 1 unspecified atom stereocenters. The van der Waals surface area contributed by atoms with Crippen LogP contribution in [-0.4, -0.2) is 15.1 Å². The molecule has 0 spiro atoms. The lowest BCUT2D eigenvalue weighted by Gasteiger charge is -2.13. The van der Waals surface area contributed by atoms with Gasteiger partial charge in [-0.1, -0.05) is 28.1 Å². The molecule has 1 atom stereocenters. The summed E-state index contributed by atoms with van der Waals surface area (Å²) < 4.78 is 13.9. The summed E-state index contributed by atoms with van der Waals surface area (Å²) in [4.78, 5) is 16.6. The zero-order chi connectivity index (χ0) is 15.0. The van der Waals surface area contributed by atoms with Gasteiger partial charge in [0.15, 0.2) is 0 Å². The summed E-state index contributed by atoms with van der Waals surface area (Å²) in [7, 11) is 0. The van der Waals surface area contributed by atoms with Crippen molar-refractivity contribution in [3.63, 3.8) is 0 Å². The summed E-state index contributed by atoms with van der Waals surface area (Å²) in [5, 5.41) is 10.4. The van der Waals surface area contributed by atoms with Gasteiger partial charge in [-0.2, -0.15) is 0 Å². The van der Waals surface area contributed by atoms with Crippen LogP contribution in [0.15, 0.2) is 45.7 Å². The van der Waals surface area contributed by atoms with Gasteiger partial charge in [-0.05, 0) is 35.4 Å². The predicted octanol–water partition coefficient (Wildman–Crippen LogP) is 3.03. The first-order valence-electron chi connectivity index (χ1n) is 6.37. The number of aliphatic hydroxyl groups is 1. The summed E-state index contributed by atoms with van der Waals surface area (Å²) in [6, 6.07) is 9.57. The first-order chi connectivity index (χ1) is 10.0. The molecule has 3 aromatic rings. The fourth-order valence-corrected chi connectivity index (χ4v) is 2.93. The van der Waals surface area contributed by atoms with Crippen LogP contribution in [0.5, 0.6) is 0 Å². The SMILES string of the molecule is O=c1[nH]c2cc(Br)c(C(O)Cc3cccc(F)c3)cc2[nH]1. The Bertz CT molecular complexity index is 856. The molecular weight excluding hydrogens is 339 g/mol. The van der Waals surface area contributed by atoms with Crippen LogP contribution in [-0.2, 0) is 6.42 Å². The zero-order valence-corrected chi connectivity index (χ0v) is 12.4. The van der Waals surface area contributed by atoms with E-state index in [4.69, 9.17) is 0 Å². The van der Waals surface area contributed by atoms with Crippen molar-refractivity contribution in [1.82, 2.24) is 9.97 Å². The maximum absolute atomic E-state index is 13.2. The van der Waals surface area contributed by atoms with Crippen molar-refractivity contribution in [2.45, 2.75) is 12.5 Å². The second-order valence-corrected chi connectivity index (χ2v) is 5.70. The molecule has 1 heterocycles. The van der Waals surface area contributed by atoms with E-state index in [0.717, 1.165) is 0 Å². The molecule has 108 valence electrons. The lowest BCUT2D eigenvalue weighted by molar-refractivity contribution is 0.177. The van der Waals surface area contributed by atoms with E-state index < -0.39 is 6.10 Å². The molecule has 6 heteroatoms. The zero-order valence-electron chi connectivity index (χ0n) is 10.9. The molecule has 21 heavy (non-hydrogen) atoms. The number of aliphatic hydroxyl groups excluding tert-OH is 1. The third-order valence-electron chi connectivity index (χ3n) is 3.31. The number of nitrogens with one attached hydrogen (secondary N) is 2. The predicted molar refractivity (Wildman–Crippen MR) is 81.7 cm³/mol. The monoisotopic (exact) mass is 350 g/mol. The lowest BCUT2D eigenvalue weighted by Crippen LogP contribution is -2.03. The van der Waals surface area contributed by atoms with E-state index in [9.17, 15) is 14.3 Å². The third kappa shape index (κ3) is 2.91. The van der Waals surface area contributed by atoms with Crippen molar-refractivity contribution in [3.05, 3.63) is 68.3 Å². The first-order valence-corrected chi connectivity index (χ1v) is 7.16. The Morgan fingerprint density at radius 3 is 2.62 bits per heavy atom. The molecule has 0 saturated heterocycles. The largest absolute Gasteiger partial charge is 0.388 e. The summed E-state index contributed by atoms with van der Waals surface area (Å²) in [6.07, 6.45) is -0.514. The van der Waals surface area contributed by atoms with E-state index in [-0.39, 0.29) is 17.9 Å². The standard InChI is InChI=1S/C15H12BrFN2O2/c16-11-7-13-12(18-15(21)19-13)6-10(11)14(20)5-8-2-1-3-9(17)4-8/h1-4,6-7,14,20H,5H2,(H2,18,19,21). The van der Waals surface area contributed by atoms with Gasteiger partial charge in [0.2, 0.25) is 0 Å². The summed E-state index contributed by atoms with van der Waals surface area (Å²) >= 11 is 3.39. The van der Waals surface area contributed by atoms with Crippen LogP contribution in [0.4, 0.5) is 4.39 Å². The van der Waals surface area contributed by atoms with E-state index in [1.165, 1.54) is 12.1 Å². The number of H-pyrrole nitrogens is 2. The molecule has 2 aromatic carbocycles. The maximum atomic E-state index is 13.2. The number of hydrogen-bond acceptors (Lipinski definition) is 2. The third-order valence-corrected chi connectivity index (χ3v) is 4.00. The van der Waals surface area contributed by atoms with Gasteiger partial charge in [0.25, 0.3) is 0 Å². The van der Waals surface area contributed by atoms with Crippen molar-refractivity contribution in [1.29, 1.82) is 0 Å². The Balaban J connectivity index is 1.95. The van der Waals surface area contributed by atoms with Crippen molar-refractivity contribution in [2.24, 2.45) is 0 Å². The van der Waals surface area contributed by atoms with E-state index in [1.807, 2.05) is 0 Å². The lowest BCUT2D eigenvalue weighted by atomic mass is 10.0. The second-order valence-electron chi connectivity index (χ2n) is 4.85. The second kappa shape index (κ2) is 5.46. The Labute approximate surface area is 127 Å². The molecule has 0 radical (unpaired) electrons. The molecule has 0 amide bonds. The fraction of sp³-hybridized carbons (Fsp3) is 0.133. The number of rotatable bonds is 3. The molecule has 0 aliphatic carbocycles. The molecule has 0 fully saturated rings. The van der Waals surface area contributed by atoms with Gasteiger partial charge in [-0.3, -0.25) is 0 Å². The van der Waals surface area contributed by atoms with Gasteiger partial charge < -0.3 is 15.1 Å². The Hall–Kier alpha value is -1.92. The Kier molecular flexibility index (Phi) is 3.65. The summed E-state index contributed by atoms with van der Waals surface area (Å²) in [6.45, 7) is 0. The van der Waals surface area contributed by atoms with Gasteiger partial charge >= 0.3 is 5.69 Å². The number of halogens is 2. The minimum Gasteiger partial charge on any atom is -0.388 e. The van der Waals surface area contributed by atoms with Gasteiger partial charge in [0.05, 0.1) is 17.1 Å². The molecule has 4 nitrogen and oxygen atoms in total. The number of aromatic nitrogens is 2. The van der Waals surface area contributed by atoms with Crippen LogP contribution in [0.25, 0.3) is 11.0 Å². The van der Waals surface area contributed by atoms with E-state index in [0.29, 0.717) is 26.6 Å². The van der Waals surface area contributed by atoms with Crippen LogP contribution < -0.4 is 5.69 Å². The summed E-state index contributed by atoms with van der Waals surface area (Å²) in [5.74, 6) is -0.329. The Morgan fingerprint density at radius 1 is 1.19 bits per heavy atom. The minimum atomic E-state index is -0.802. The highest BCUT2D eigenvalue weighted by molar-refractivity contribution is 9.10. The number of benzene rings is 2. The van der Waals surface area contributed by atoms with Gasteiger partial charge in [-0.25, -0.2) is 9.18 Å². The molecule has 3 rings (SSSR count). The molecule has 1 aromatic heterocycles. The average Bonchev–Trinajstić information content (AvgIpc) is 2.76. The first kappa shape index (κ1) is 14.0. The fourth-order valence-electron chi connectivity index (χ4n) is 2.33. The maximum Gasteiger partial charge on any atom is 0.323 e. The van der Waals surface area contributed by atoms with Gasteiger partial charge in [0.1, 0.15) is 5.82 Å².